The van der Waals surface area contributed by atoms with E-state index in [1.165, 1.54) is 5.56 Å². The van der Waals surface area contributed by atoms with Crippen molar-refractivity contribution in [3.63, 3.8) is 0 Å². The minimum absolute atomic E-state index is 0.242. The minimum atomic E-state index is -2.31. The monoisotopic (exact) mass is 465 g/mol. The fourth-order valence-electron chi connectivity index (χ4n) is 3.85. The van der Waals surface area contributed by atoms with Crippen molar-refractivity contribution >= 4 is 19.4 Å². The molecule has 0 aliphatic heterocycles. The van der Waals surface area contributed by atoms with Crippen molar-refractivity contribution in [2.75, 3.05) is 13.2 Å². The molecule has 3 aromatic carbocycles. The van der Waals surface area contributed by atoms with Gasteiger partial charge in [0.1, 0.15) is 0 Å². The number of nitrogens with zero attached hydrogens (tertiary/aromatic N) is 2. The summed E-state index contributed by atoms with van der Waals surface area (Å²) in [5, 5.41) is 9.69. The number of benzene rings is 3. The molecule has 8 heteroatoms. The van der Waals surface area contributed by atoms with E-state index in [4.69, 9.17) is 18.8 Å². The number of aryl methyl sites for hydroxylation is 2. The minimum Gasteiger partial charge on any atom is -0.339 e. The molecule has 1 aromatic heterocycles. The molecular formula is C25H28N3O4P. The van der Waals surface area contributed by atoms with Crippen LogP contribution in [0.1, 0.15) is 29.9 Å². The third-order valence-electron chi connectivity index (χ3n) is 5.47. The lowest BCUT2D eigenvalue weighted by Gasteiger charge is -2.11. The third-order valence-corrected chi connectivity index (χ3v) is 5.89. The van der Waals surface area contributed by atoms with Gasteiger partial charge in [0.15, 0.2) is 0 Å². The summed E-state index contributed by atoms with van der Waals surface area (Å²) < 4.78 is 10.3. The van der Waals surface area contributed by atoms with Crippen LogP contribution in [0.15, 0.2) is 71.3 Å². The van der Waals surface area contributed by atoms with Crippen LogP contribution in [0.2, 0.25) is 0 Å². The summed E-state index contributed by atoms with van der Waals surface area (Å²) >= 11 is 0. The lowest BCUT2D eigenvalue weighted by Crippen LogP contribution is -2.18. The lowest BCUT2D eigenvalue weighted by atomic mass is 9.99. The fourth-order valence-corrected chi connectivity index (χ4v) is 4.10. The van der Waals surface area contributed by atoms with E-state index < -0.39 is 8.60 Å². The summed E-state index contributed by atoms with van der Waals surface area (Å²) in [5.41, 5.74) is 3.43. The Kier molecular flexibility index (Phi) is 8.53. The molecule has 0 aliphatic carbocycles. The Hall–Kier alpha value is -2.67. The van der Waals surface area contributed by atoms with E-state index in [2.05, 4.69) is 57.9 Å². The van der Waals surface area contributed by atoms with Crippen LogP contribution in [0.5, 0.6) is 0 Å². The highest BCUT2D eigenvalue weighted by Gasteiger charge is 2.13. The number of nitrogens with one attached hydrogen (secondary N) is 1. The van der Waals surface area contributed by atoms with Crippen LogP contribution >= 0.6 is 8.60 Å². The predicted octanol–water partition coefficient (Wildman–Crippen LogP) is 4.77. The van der Waals surface area contributed by atoms with Crippen molar-refractivity contribution in [3.8, 4) is 11.4 Å². The Balaban J connectivity index is 1.38. The second kappa shape index (κ2) is 12.0. The third kappa shape index (κ3) is 6.67. The summed E-state index contributed by atoms with van der Waals surface area (Å²) in [6, 6.07) is 22.8. The molecule has 0 spiro atoms. The van der Waals surface area contributed by atoms with E-state index >= 15 is 0 Å². The molecule has 172 valence electrons. The van der Waals surface area contributed by atoms with Gasteiger partial charge in [-0.2, -0.15) is 4.98 Å². The average Bonchev–Trinajstić information content (AvgIpc) is 3.31. The van der Waals surface area contributed by atoms with Gasteiger partial charge in [-0.05, 0) is 41.2 Å². The Bertz CT molecular complexity index is 1150. The van der Waals surface area contributed by atoms with Gasteiger partial charge in [0.25, 0.3) is 0 Å². The summed E-state index contributed by atoms with van der Waals surface area (Å²) in [6.45, 7) is 1.40. The normalized spacial score (nSPS) is 11.5. The van der Waals surface area contributed by atoms with Crippen LogP contribution in [0, 0.1) is 0 Å². The maximum atomic E-state index is 8.81. The number of rotatable bonds is 12. The first kappa shape index (κ1) is 23.5. The van der Waals surface area contributed by atoms with Gasteiger partial charge in [-0.3, -0.25) is 0 Å². The molecule has 0 bridgehead atoms. The average molecular weight is 465 g/mol. The van der Waals surface area contributed by atoms with E-state index in [1.54, 1.807) is 0 Å². The molecule has 0 atom stereocenters. The molecule has 4 aromatic rings. The van der Waals surface area contributed by atoms with Gasteiger partial charge in [-0.25, -0.2) is 0 Å². The molecule has 33 heavy (non-hydrogen) atoms. The molecular weight excluding hydrogens is 437 g/mol. The zero-order valence-corrected chi connectivity index (χ0v) is 19.2. The number of aromatic nitrogens is 2. The number of fused-ring (bicyclic) bond motifs is 1. The van der Waals surface area contributed by atoms with Crippen LogP contribution in [-0.2, 0) is 23.9 Å². The van der Waals surface area contributed by atoms with Crippen LogP contribution in [-0.4, -0.2) is 33.1 Å². The van der Waals surface area contributed by atoms with Gasteiger partial charge < -0.3 is 24.2 Å². The highest BCUT2D eigenvalue weighted by Crippen LogP contribution is 2.29. The van der Waals surface area contributed by atoms with E-state index in [9.17, 15) is 0 Å². The maximum absolute atomic E-state index is 8.81. The zero-order valence-electron chi connectivity index (χ0n) is 18.4. The second-order valence-electron chi connectivity index (χ2n) is 7.79. The molecule has 0 radical (unpaired) electrons. The van der Waals surface area contributed by atoms with Crippen molar-refractivity contribution in [3.05, 3.63) is 83.7 Å². The molecule has 3 N–H and O–H groups in total. The quantitative estimate of drug-likeness (QED) is 0.205. The van der Waals surface area contributed by atoms with Crippen molar-refractivity contribution in [2.24, 2.45) is 0 Å². The van der Waals surface area contributed by atoms with Crippen LogP contribution < -0.4 is 5.32 Å². The molecule has 4 rings (SSSR count). The van der Waals surface area contributed by atoms with Gasteiger partial charge in [-0.15, -0.1) is 0 Å². The summed E-state index contributed by atoms with van der Waals surface area (Å²) in [5.74, 6) is 1.28. The van der Waals surface area contributed by atoms with E-state index in [1.807, 2.05) is 24.3 Å². The highest BCUT2D eigenvalue weighted by molar-refractivity contribution is 7.39. The first-order chi connectivity index (χ1) is 16.2. The number of hydrogen-bond acceptors (Lipinski definition) is 7. The van der Waals surface area contributed by atoms with Crippen molar-refractivity contribution in [1.29, 1.82) is 0 Å². The molecule has 0 unspecified atom stereocenters. The Morgan fingerprint density at radius 2 is 1.64 bits per heavy atom. The van der Waals surface area contributed by atoms with Gasteiger partial charge in [0, 0.05) is 25.1 Å². The summed E-state index contributed by atoms with van der Waals surface area (Å²) in [4.78, 5) is 22.3. The van der Waals surface area contributed by atoms with Gasteiger partial charge in [-0.1, -0.05) is 71.9 Å². The SMILES string of the molecule is OP(O)OCCNCc1ccc(-c2noc(CCCCc3ccccc3)n2)c2ccccc12. The van der Waals surface area contributed by atoms with Crippen LogP contribution in [0.3, 0.4) is 0 Å². The smallest absolute Gasteiger partial charge is 0.327 e. The largest absolute Gasteiger partial charge is 0.339 e. The zero-order chi connectivity index (χ0) is 22.9. The van der Waals surface area contributed by atoms with Crippen molar-refractivity contribution in [2.45, 2.75) is 32.2 Å². The standard InChI is InChI=1S/C25H28N3O4P/c29-33(30)31-17-16-26-18-20-14-15-23(22-12-6-5-11-21(20)22)25-27-24(32-28-25)13-7-4-10-19-8-2-1-3-9-19/h1-3,5-6,8-9,11-12,14-15,26,29-30H,4,7,10,13,16-18H2. The summed E-state index contributed by atoms with van der Waals surface area (Å²) in [6.07, 6.45) is 3.90. The Morgan fingerprint density at radius 1 is 0.879 bits per heavy atom. The van der Waals surface area contributed by atoms with Crippen LogP contribution in [0.4, 0.5) is 0 Å². The molecule has 0 fully saturated rings. The molecule has 0 saturated carbocycles. The van der Waals surface area contributed by atoms with Gasteiger partial charge in [0.2, 0.25) is 11.7 Å². The molecule has 0 saturated heterocycles. The predicted molar refractivity (Wildman–Crippen MR) is 129 cm³/mol. The molecule has 1 heterocycles. The first-order valence-corrected chi connectivity index (χ1v) is 12.3. The van der Waals surface area contributed by atoms with E-state index in [-0.39, 0.29) is 6.61 Å². The Labute approximate surface area is 194 Å². The first-order valence-electron chi connectivity index (χ1n) is 11.1. The van der Waals surface area contributed by atoms with Crippen LogP contribution in [0.25, 0.3) is 22.2 Å². The maximum Gasteiger partial charge on any atom is 0.327 e. The second-order valence-corrected chi connectivity index (χ2v) is 8.55. The number of hydrogen-bond donors (Lipinski definition) is 3. The fraction of sp³-hybridized carbons (Fsp3) is 0.280. The van der Waals surface area contributed by atoms with E-state index in [0.717, 1.165) is 47.6 Å². The molecule has 7 nitrogen and oxygen atoms in total. The topological polar surface area (TPSA) is 101 Å². The molecule has 0 amide bonds. The van der Waals surface area contributed by atoms with Gasteiger partial charge in [0.05, 0.1) is 6.61 Å². The van der Waals surface area contributed by atoms with Crippen molar-refractivity contribution < 1.29 is 18.8 Å². The molecule has 0 aliphatic rings. The van der Waals surface area contributed by atoms with E-state index in [0.29, 0.717) is 24.8 Å². The lowest BCUT2D eigenvalue weighted by molar-refractivity contribution is 0.254. The van der Waals surface area contributed by atoms with Crippen molar-refractivity contribution in [1.82, 2.24) is 15.5 Å². The van der Waals surface area contributed by atoms with Gasteiger partial charge >= 0.3 is 8.60 Å². The Morgan fingerprint density at radius 3 is 2.45 bits per heavy atom. The highest BCUT2D eigenvalue weighted by atomic mass is 31.2. The summed E-state index contributed by atoms with van der Waals surface area (Å²) in [7, 11) is -2.31. The number of unbranched alkanes of at least 4 members (excludes halogenated alkanes) is 1.